The quantitative estimate of drug-likeness (QED) is 0.774. The van der Waals surface area contributed by atoms with E-state index in [1.807, 2.05) is 19.1 Å². The van der Waals surface area contributed by atoms with Crippen LogP contribution in [0.3, 0.4) is 0 Å². The second-order valence-electron chi connectivity index (χ2n) is 4.03. The van der Waals surface area contributed by atoms with Crippen LogP contribution < -0.4 is 4.74 Å². The number of benzene rings is 2. The van der Waals surface area contributed by atoms with Gasteiger partial charge in [0, 0.05) is 5.56 Å². The first-order valence-corrected chi connectivity index (χ1v) is 5.85. The van der Waals surface area contributed by atoms with E-state index in [0.717, 1.165) is 24.1 Å². The molecule has 0 aliphatic heterocycles. The molecule has 0 aromatic heterocycles. The third kappa shape index (κ3) is 2.96. The second kappa shape index (κ2) is 5.61. The van der Waals surface area contributed by atoms with E-state index in [1.54, 1.807) is 12.1 Å². The molecule has 0 atom stereocenters. The van der Waals surface area contributed by atoms with E-state index in [4.69, 9.17) is 4.74 Å². The van der Waals surface area contributed by atoms with Crippen molar-refractivity contribution in [1.29, 1.82) is 0 Å². The Morgan fingerprint density at radius 1 is 1.11 bits per heavy atom. The first-order valence-electron chi connectivity index (χ1n) is 5.85. The van der Waals surface area contributed by atoms with Crippen LogP contribution in [0.15, 0.2) is 36.4 Å². The molecule has 2 aromatic rings. The van der Waals surface area contributed by atoms with Gasteiger partial charge in [-0.15, -0.1) is 0 Å². The summed E-state index contributed by atoms with van der Waals surface area (Å²) >= 11 is 0. The molecular formula is C15H12F2O2. The maximum atomic E-state index is 13.6. The molecule has 0 radical (unpaired) electrons. The van der Waals surface area contributed by atoms with Gasteiger partial charge in [-0.3, -0.25) is 4.79 Å². The number of aryl methyl sites for hydroxylation is 1. The average Bonchev–Trinajstić information content (AvgIpc) is 2.43. The van der Waals surface area contributed by atoms with Crippen LogP contribution in [0.2, 0.25) is 0 Å². The van der Waals surface area contributed by atoms with Crippen molar-refractivity contribution in [3.63, 3.8) is 0 Å². The van der Waals surface area contributed by atoms with Gasteiger partial charge in [-0.25, -0.2) is 8.78 Å². The minimum Gasteiger partial charge on any atom is -0.451 e. The Balaban J connectivity index is 2.29. The summed E-state index contributed by atoms with van der Waals surface area (Å²) in [5, 5.41) is 0. The third-order valence-electron chi connectivity index (χ3n) is 2.71. The van der Waals surface area contributed by atoms with E-state index in [2.05, 4.69) is 0 Å². The van der Waals surface area contributed by atoms with Crippen molar-refractivity contribution in [2.75, 3.05) is 0 Å². The summed E-state index contributed by atoms with van der Waals surface area (Å²) in [4.78, 5) is 10.5. The van der Waals surface area contributed by atoms with Crippen LogP contribution in [0.1, 0.15) is 22.8 Å². The maximum absolute atomic E-state index is 13.6. The molecule has 4 heteroatoms. The maximum Gasteiger partial charge on any atom is 0.198 e. The average molecular weight is 262 g/mol. The Kier molecular flexibility index (Phi) is 3.90. The highest BCUT2D eigenvalue weighted by molar-refractivity contribution is 5.75. The van der Waals surface area contributed by atoms with Crippen LogP contribution in [-0.4, -0.2) is 6.29 Å². The molecule has 0 bridgehead atoms. The molecule has 98 valence electrons. The Morgan fingerprint density at radius 3 is 2.16 bits per heavy atom. The number of rotatable bonds is 4. The van der Waals surface area contributed by atoms with Gasteiger partial charge < -0.3 is 4.74 Å². The largest absolute Gasteiger partial charge is 0.451 e. The van der Waals surface area contributed by atoms with Crippen molar-refractivity contribution >= 4 is 6.29 Å². The van der Waals surface area contributed by atoms with Crippen LogP contribution in [0.4, 0.5) is 8.78 Å². The summed E-state index contributed by atoms with van der Waals surface area (Å²) in [6.45, 7) is 2.01. The van der Waals surface area contributed by atoms with Crippen molar-refractivity contribution in [3.8, 4) is 11.5 Å². The number of carbonyl (C=O) groups is 1. The second-order valence-corrected chi connectivity index (χ2v) is 4.03. The highest BCUT2D eigenvalue weighted by Gasteiger charge is 2.13. The van der Waals surface area contributed by atoms with Crippen molar-refractivity contribution in [1.82, 2.24) is 0 Å². The predicted molar refractivity (Wildman–Crippen MR) is 67.6 cm³/mol. The van der Waals surface area contributed by atoms with Crippen molar-refractivity contribution in [3.05, 3.63) is 59.2 Å². The summed E-state index contributed by atoms with van der Waals surface area (Å²) < 4.78 is 32.4. The lowest BCUT2D eigenvalue weighted by Gasteiger charge is -2.08. The lowest BCUT2D eigenvalue weighted by atomic mass is 10.2. The van der Waals surface area contributed by atoms with E-state index in [9.17, 15) is 13.6 Å². The fraction of sp³-hybridized carbons (Fsp3) is 0.133. The van der Waals surface area contributed by atoms with E-state index in [1.165, 1.54) is 0 Å². The predicted octanol–water partition coefficient (Wildman–Crippen LogP) is 4.13. The minimum absolute atomic E-state index is 0.0660. The number of hydrogen-bond donors (Lipinski definition) is 0. The van der Waals surface area contributed by atoms with Gasteiger partial charge in [0.1, 0.15) is 12.0 Å². The van der Waals surface area contributed by atoms with Gasteiger partial charge in [-0.2, -0.15) is 0 Å². The van der Waals surface area contributed by atoms with Gasteiger partial charge in [0.15, 0.2) is 17.4 Å². The van der Waals surface area contributed by atoms with Crippen LogP contribution in [0.25, 0.3) is 0 Å². The highest BCUT2D eigenvalue weighted by Crippen LogP contribution is 2.28. The molecule has 0 fully saturated rings. The zero-order chi connectivity index (χ0) is 13.8. The summed E-state index contributed by atoms with van der Waals surface area (Å²) in [6, 6.07) is 8.81. The topological polar surface area (TPSA) is 26.3 Å². The summed E-state index contributed by atoms with van der Waals surface area (Å²) in [5.74, 6) is -1.97. The van der Waals surface area contributed by atoms with Gasteiger partial charge in [0.25, 0.3) is 0 Å². The van der Waals surface area contributed by atoms with E-state index in [0.29, 0.717) is 12.0 Å². The molecule has 0 saturated heterocycles. The molecule has 19 heavy (non-hydrogen) atoms. The first kappa shape index (κ1) is 13.2. The smallest absolute Gasteiger partial charge is 0.198 e. The lowest BCUT2D eigenvalue weighted by Crippen LogP contribution is -1.95. The van der Waals surface area contributed by atoms with Gasteiger partial charge in [0.05, 0.1) is 0 Å². The Labute approximate surface area is 109 Å². The molecule has 0 spiro atoms. The van der Waals surface area contributed by atoms with Crippen LogP contribution in [0.5, 0.6) is 11.5 Å². The van der Waals surface area contributed by atoms with E-state index >= 15 is 0 Å². The Hall–Kier alpha value is -2.23. The van der Waals surface area contributed by atoms with Crippen LogP contribution in [0, 0.1) is 11.6 Å². The summed E-state index contributed by atoms with van der Waals surface area (Å²) in [6.07, 6.45) is 1.25. The van der Waals surface area contributed by atoms with Crippen molar-refractivity contribution in [2.45, 2.75) is 13.3 Å². The van der Waals surface area contributed by atoms with Crippen molar-refractivity contribution in [2.24, 2.45) is 0 Å². The molecule has 0 heterocycles. The van der Waals surface area contributed by atoms with Gasteiger partial charge in [-0.05, 0) is 36.2 Å². The molecule has 0 aliphatic rings. The fourth-order valence-corrected chi connectivity index (χ4v) is 1.66. The van der Waals surface area contributed by atoms with Gasteiger partial charge in [-0.1, -0.05) is 19.1 Å². The molecule has 0 saturated carbocycles. The van der Waals surface area contributed by atoms with Gasteiger partial charge in [0.2, 0.25) is 0 Å². The molecule has 2 rings (SSSR count). The molecule has 2 nitrogen and oxygen atoms in total. The monoisotopic (exact) mass is 262 g/mol. The minimum atomic E-state index is -0.901. The SMILES string of the molecule is CCc1ccc(Oc2c(F)cc(C=O)cc2F)cc1. The molecule has 0 aliphatic carbocycles. The number of carbonyl (C=O) groups excluding carboxylic acids is 1. The fourth-order valence-electron chi connectivity index (χ4n) is 1.66. The van der Waals surface area contributed by atoms with E-state index in [-0.39, 0.29) is 5.56 Å². The lowest BCUT2D eigenvalue weighted by molar-refractivity contribution is 0.112. The number of ether oxygens (including phenoxy) is 1. The molecule has 2 aromatic carbocycles. The normalized spacial score (nSPS) is 10.3. The standard InChI is InChI=1S/C15H12F2O2/c1-2-10-3-5-12(6-4-10)19-15-13(16)7-11(9-18)8-14(15)17/h3-9H,2H2,1H3. The molecule has 0 amide bonds. The Morgan fingerprint density at radius 2 is 1.68 bits per heavy atom. The first-order chi connectivity index (χ1) is 9.13. The zero-order valence-corrected chi connectivity index (χ0v) is 10.3. The molecular weight excluding hydrogens is 250 g/mol. The van der Waals surface area contributed by atoms with Crippen LogP contribution >= 0.6 is 0 Å². The summed E-state index contributed by atoms with van der Waals surface area (Å²) in [7, 11) is 0. The number of halogens is 2. The number of aldehydes is 1. The Bertz CT molecular complexity index is 569. The third-order valence-corrected chi connectivity index (χ3v) is 2.71. The van der Waals surface area contributed by atoms with Crippen molar-refractivity contribution < 1.29 is 18.3 Å². The number of hydrogen-bond acceptors (Lipinski definition) is 2. The van der Waals surface area contributed by atoms with Gasteiger partial charge >= 0.3 is 0 Å². The molecule has 0 N–H and O–H groups in total. The van der Waals surface area contributed by atoms with E-state index < -0.39 is 17.4 Å². The van der Waals surface area contributed by atoms with Crippen LogP contribution in [-0.2, 0) is 6.42 Å². The highest BCUT2D eigenvalue weighted by atomic mass is 19.1. The zero-order valence-electron chi connectivity index (χ0n) is 10.3. The molecule has 0 unspecified atom stereocenters. The summed E-state index contributed by atoms with van der Waals surface area (Å²) in [5.41, 5.74) is 1.04.